The normalized spacial score (nSPS) is 12.3. The van der Waals surface area contributed by atoms with Crippen molar-refractivity contribution < 1.29 is 4.79 Å². The van der Waals surface area contributed by atoms with Crippen molar-refractivity contribution in [2.75, 3.05) is 6.54 Å². The summed E-state index contributed by atoms with van der Waals surface area (Å²) in [5, 5.41) is 10.4. The maximum Gasteiger partial charge on any atom is 0.222 e. The van der Waals surface area contributed by atoms with Gasteiger partial charge in [-0.1, -0.05) is 5.21 Å². The molecule has 2 rings (SSSR count). The first-order valence-corrected chi connectivity index (χ1v) is 6.27. The number of carbonyl (C=O) groups is 1. The van der Waals surface area contributed by atoms with Gasteiger partial charge < -0.3 is 9.88 Å². The number of rotatable bonds is 6. The molecule has 0 bridgehead atoms. The largest absolute Gasteiger partial charge is 0.354 e. The topological polar surface area (TPSA) is 77.6 Å². The summed E-state index contributed by atoms with van der Waals surface area (Å²) < 4.78 is 3.68. The van der Waals surface area contributed by atoms with Crippen LogP contribution in [0.3, 0.4) is 0 Å². The molecule has 0 aliphatic rings. The molecule has 19 heavy (non-hydrogen) atoms. The fraction of sp³-hybridized carbons (Fsp3) is 0.500. The standard InChI is InChI=1S/C12H18N6O/c1-10(18-8-4-13-11(18)2)9-12(19)14-3-6-17-7-5-15-16-17/h4-5,7-8,10H,3,6,9H2,1-2H3,(H,14,19). The lowest BCUT2D eigenvalue weighted by atomic mass is 10.2. The Kier molecular flexibility index (Phi) is 4.27. The number of nitrogens with zero attached hydrogens (tertiary/aromatic N) is 5. The summed E-state index contributed by atoms with van der Waals surface area (Å²) in [6.07, 6.45) is 7.46. The Bertz CT molecular complexity index is 518. The van der Waals surface area contributed by atoms with E-state index in [0.29, 0.717) is 19.5 Å². The van der Waals surface area contributed by atoms with E-state index in [1.54, 1.807) is 23.3 Å². The van der Waals surface area contributed by atoms with Gasteiger partial charge in [-0.05, 0) is 13.8 Å². The fourth-order valence-corrected chi connectivity index (χ4v) is 1.95. The average molecular weight is 262 g/mol. The molecule has 0 saturated carbocycles. The minimum Gasteiger partial charge on any atom is -0.354 e. The van der Waals surface area contributed by atoms with Crippen LogP contribution in [0.25, 0.3) is 0 Å². The van der Waals surface area contributed by atoms with E-state index in [2.05, 4.69) is 20.6 Å². The van der Waals surface area contributed by atoms with Crippen LogP contribution in [0.4, 0.5) is 0 Å². The second-order valence-corrected chi connectivity index (χ2v) is 4.45. The van der Waals surface area contributed by atoms with E-state index in [0.717, 1.165) is 5.82 Å². The van der Waals surface area contributed by atoms with Crippen molar-refractivity contribution in [3.63, 3.8) is 0 Å². The second kappa shape index (κ2) is 6.12. The van der Waals surface area contributed by atoms with Gasteiger partial charge in [-0.25, -0.2) is 4.98 Å². The monoisotopic (exact) mass is 262 g/mol. The number of aromatic nitrogens is 5. The Morgan fingerprint density at radius 2 is 2.26 bits per heavy atom. The smallest absolute Gasteiger partial charge is 0.222 e. The highest BCUT2D eigenvalue weighted by Crippen LogP contribution is 2.12. The number of aryl methyl sites for hydroxylation is 1. The third kappa shape index (κ3) is 3.64. The molecule has 0 radical (unpaired) electrons. The molecule has 0 aromatic carbocycles. The molecule has 0 fully saturated rings. The number of carbonyl (C=O) groups excluding carboxylic acids is 1. The predicted molar refractivity (Wildman–Crippen MR) is 69.3 cm³/mol. The minimum atomic E-state index is 0.0284. The van der Waals surface area contributed by atoms with E-state index < -0.39 is 0 Å². The lowest BCUT2D eigenvalue weighted by molar-refractivity contribution is -0.121. The van der Waals surface area contributed by atoms with Crippen LogP contribution in [0.5, 0.6) is 0 Å². The molecule has 102 valence electrons. The number of hydrogen-bond donors (Lipinski definition) is 1. The first-order valence-electron chi connectivity index (χ1n) is 6.27. The van der Waals surface area contributed by atoms with Crippen LogP contribution in [0.1, 0.15) is 25.2 Å². The summed E-state index contributed by atoms with van der Waals surface area (Å²) in [4.78, 5) is 16.0. The van der Waals surface area contributed by atoms with Crippen molar-refractivity contribution >= 4 is 5.91 Å². The van der Waals surface area contributed by atoms with Gasteiger partial charge in [-0.2, -0.15) is 0 Å². The lowest BCUT2D eigenvalue weighted by Crippen LogP contribution is -2.29. The Morgan fingerprint density at radius 1 is 1.42 bits per heavy atom. The number of imidazole rings is 1. The third-order valence-corrected chi connectivity index (χ3v) is 2.95. The van der Waals surface area contributed by atoms with Gasteiger partial charge in [0.2, 0.25) is 5.91 Å². The molecule has 2 aromatic heterocycles. The number of amides is 1. The van der Waals surface area contributed by atoms with Crippen LogP contribution < -0.4 is 5.32 Å². The van der Waals surface area contributed by atoms with E-state index in [1.165, 1.54) is 0 Å². The summed E-state index contributed by atoms with van der Waals surface area (Å²) in [6, 6.07) is 0.105. The molecule has 7 nitrogen and oxygen atoms in total. The summed E-state index contributed by atoms with van der Waals surface area (Å²) in [5.74, 6) is 0.948. The molecule has 0 aliphatic heterocycles. The first-order chi connectivity index (χ1) is 9.16. The molecule has 7 heteroatoms. The predicted octanol–water partition coefficient (Wildman–Crippen LogP) is 0.551. The summed E-state index contributed by atoms with van der Waals surface area (Å²) in [6.45, 7) is 5.12. The molecule has 1 atom stereocenters. The van der Waals surface area contributed by atoms with E-state index in [-0.39, 0.29) is 11.9 Å². The Morgan fingerprint density at radius 3 is 2.89 bits per heavy atom. The van der Waals surface area contributed by atoms with E-state index in [1.807, 2.05) is 24.6 Å². The zero-order valence-electron chi connectivity index (χ0n) is 11.2. The summed E-state index contributed by atoms with van der Waals surface area (Å²) in [7, 11) is 0. The molecule has 0 aliphatic carbocycles. The van der Waals surface area contributed by atoms with Gasteiger partial charge in [-0.3, -0.25) is 9.48 Å². The van der Waals surface area contributed by atoms with Gasteiger partial charge in [0.15, 0.2) is 0 Å². The molecular formula is C12H18N6O. The summed E-state index contributed by atoms with van der Waals surface area (Å²) in [5.41, 5.74) is 0. The first kappa shape index (κ1) is 13.3. The van der Waals surface area contributed by atoms with Crippen molar-refractivity contribution in [2.45, 2.75) is 32.9 Å². The van der Waals surface area contributed by atoms with Crippen LogP contribution in [0.15, 0.2) is 24.8 Å². The molecule has 0 saturated heterocycles. The van der Waals surface area contributed by atoms with Gasteiger partial charge in [0.05, 0.1) is 12.7 Å². The highest BCUT2D eigenvalue weighted by atomic mass is 16.1. The zero-order valence-corrected chi connectivity index (χ0v) is 11.2. The Hall–Kier alpha value is -2.18. The quantitative estimate of drug-likeness (QED) is 0.824. The zero-order chi connectivity index (χ0) is 13.7. The van der Waals surface area contributed by atoms with Crippen molar-refractivity contribution in [3.8, 4) is 0 Å². The van der Waals surface area contributed by atoms with Crippen LogP contribution in [-0.4, -0.2) is 37.0 Å². The van der Waals surface area contributed by atoms with E-state index in [4.69, 9.17) is 0 Å². The van der Waals surface area contributed by atoms with Gasteiger partial charge in [0.1, 0.15) is 5.82 Å². The van der Waals surface area contributed by atoms with Crippen LogP contribution in [-0.2, 0) is 11.3 Å². The van der Waals surface area contributed by atoms with Gasteiger partial charge >= 0.3 is 0 Å². The molecule has 1 unspecified atom stereocenters. The highest BCUT2D eigenvalue weighted by molar-refractivity contribution is 5.76. The Balaban J connectivity index is 1.74. The average Bonchev–Trinajstić information content (AvgIpc) is 3.00. The lowest BCUT2D eigenvalue weighted by Gasteiger charge is -2.14. The Labute approximate surface area is 111 Å². The number of nitrogens with one attached hydrogen (secondary N) is 1. The highest BCUT2D eigenvalue weighted by Gasteiger charge is 2.11. The van der Waals surface area contributed by atoms with Crippen molar-refractivity contribution in [2.24, 2.45) is 0 Å². The molecule has 2 aromatic rings. The second-order valence-electron chi connectivity index (χ2n) is 4.45. The van der Waals surface area contributed by atoms with Crippen molar-refractivity contribution in [3.05, 3.63) is 30.6 Å². The molecule has 1 amide bonds. The third-order valence-electron chi connectivity index (χ3n) is 2.95. The fourth-order valence-electron chi connectivity index (χ4n) is 1.95. The molecule has 0 spiro atoms. The van der Waals surface area contributed by atoms with Crippen LogP contribution in [0.2, 0.25) is 0 Å². The SMILES string of the molecule is Cc1nccn1C(C)CC(=O)NCCn1ccnn1. The van der Waals surface area contributed by atoms with E-state index >= 15 is 0 Å². The van der Waals surface area contributed by atoms with Gasteiger partial charge in [-0.15, -0.1) is 5.10 Å². The van der Waals surface area contributed by atoms with Gasteiger partial charge in [0.25, 0.3) is 0 Å². The van der Waals surface area contributed by atoms with Crippen LogP contribution in [0, 0.1) is 6.92 Å². The molecule has 1 N–H and O–H groups in total. The van der Waals surface area contributed by atoms with Gasteiger partial charge in [0, 0.05) is 37.6 Å². The van der Waals surface area contributed by atoms with Crippen molar-refractivity contribution in [1.29, 1.82) is 0 Å². The maximum absolute atomic E-state index is 11.8. The maximum atomic E-state index is 11.8. The van der Waals surface area contributed by atoms with E-state index in [9.17, 15) is 4.79 Å². The summed E-state index contributed by atoms with van der Waals surface area (Å²) >= 11 is 0. The minimum absolute atomic E-state index is 0.0284. The molecular weight excluding hydrogens is 244 g/mol. The van der Waals surface area contributed by atoms with Crippen LogP contribution >= 0.6 is 0 Å². The van der Waals surface area contributed by atoms with Crippen molar-refractivity contribution in [1.82, 2.24) is 29.9 Å². The molecule has 2 heterocycles. The number of hydrogen-bond acceptors (Lipinski definition) is 4.